The van der Waals surface area contributed by atoms with Gasteiger partial charge in [-0.05, 0) is 49.9 Å². The summed E-state index contributed by atoms with van der Waals surface area (Å²) in [4.78, 5) is 14.8. The highest BCUT2D eigenvalue weighted by Crippen LogP contribution is 2.27. The lowest BCUT2D eigenvalue weighted by Crippen LogP contribution is -2.35. The molecule has 116 valence electrons. The van der Waals surface area contributed by atoms with Gasteiger partial charge in [-0.25, -0.2) is 0 Å². The maximum atomic E-state index is 12.4. The molecule has 1 saturated heterocycles. The number of piperidine rings is 1. The second-order valence-electron chi connectivity index (χ2n) is 6.02. The summed E-state index contributed by atoms with van der Waals surface area (Å²) in [6.45, 7) is 7.20. The van der Waals surface area contributed by atoms with Crippen LogP contribution >= 0.6 is 11.6 Å². The number of hydrogen-bond acceptors (Lipinski definition) is 3. The Morgan fingerprint density at radius 2 is 2.24 bits per heavy atom. The van der Waals surface area contributed by atoms with Crippen LogP contribution in [0.25, 0.3) is 0 Å². The first-order valence-corrected chi connectivity index (χ1v) is 7.98. The average Bonchev–Trinajstić information content (AvgIpc) is 2.47. The molecule has 1 unspecified atom stereocenters. The number of ether oxygens (including phenoxy) is 1. The number of likely N-dealkylation sites (tertiary alicyclic amines) is 1. The summed E-state index contributed by atoms with van der Waals surface area (Å²) in [6.07, 6.45) is 3.04. The van der Waals surface area contributed by atoms with E-state index in [0.717, 1.165) is 31.1 Å². The van der Waals surface area contributed by atoms with E-state index in [4.69, 9.17) is 16.3 Å². The lowest BCUT2D eigenvalue weighted by Gasteiger charge is -2.30. The molecular weight excluding hydrogens is 286 g/mol. The molecule has 0 saturated carbocycles. The molecule has 0 amide bonds. The standard InChI is InChI=1S/C17H24ClNO2/c1-12-5-4-7-19(11-12)8-6-16(20)14-10-15(18)13(2)9-17(14)21-3/h9-10,12H,4-8,11H2,1-3H3. The lowest BCUT2D eigenvalue weighted by molar-refractivity contribution is 0.0946. The number of ketones is 1. The Bertz CT molecular complexity index is 516. The summed E-state index contributed by atoms with van der Waals surface area (Å²) in [5, 5.41) is 0.616. The molecule has 0 N–H and O–H groups in total. The van der Waals surface area contributed by atoms with Gasteiger partial charge in [-0.2, -0.15) is 0 Å². The predicted molar refractivity (Wildman–Crippen MR) is 86.5 cm³/mol. The molecule has 0 radical (unpaired) electrons. The number of carbonyl (C=O) groups is 1. The van der Waals surface area contributed by atoms with Crippen molar-refractivity contribution in [3.05, 3.63) is 28.3 Å². The molecule has 0 aromatic heterocycles. The van der Waals surface area contributed by atoms with Crippen molar-refractivity contribution in [3.63, 3.8) is 0 Å². The zero-order valence-electron chi connectivity index (χ0n) is 13.1. The lowest BCUT2D eigenvalue weighted by atomic mass is 9.99. The summed E-state index contributed by atoms with van der Waals surface area (Å²) < 4.78 is 5.32. The second kappa shape index (κ2) is 7.28. The Kier molecular flexibility index (Phi) is 5.65. The van der Waals surface area contributed by atoms with Crippen LogP contribution in [0, 0.1) is 12.8 Å². The second-order valence-corrected chi connectivity index (χ2v) is 6.43. The Balaban J connectivity index is 2.01. The minimum Gasteiger partial charge on any atom is -0.496 e. The van der Waals surface area contributed by atoms with Crippen molar-refractivity contribution in [2.75, 3.05) is 26.7 Å². The molecule has 3 nitrogen and oxygen atoms in total. The molecule has 1 aromatic carbocycles. The van der Waals surface area contributed by atoms with Crippen LogP contribution in [0.2, 0.25) is 5.02 Å². The Morgan fingerprint density at radius 1 is 1.48 bits per heavy atom. The van der Waals surface area contributed by atoms with Gasteiger partial charge >= 0.3 is 0 Å². The van der Waals surface area contributed by atoms with Gasteiger partial charge in [-0.3, -0.25) is 4.79 Å². The average molecular weight is 310 g/mol. The van der Waals surface area contributed by atoms with Crippen molar-refractivity contribution in [3.8, 4) is 5.75 Å². The normalized spacial score (nSPS) is 19.5. The molecule has 1 atom stereocenters. The molecule has 4 heteroatoms. The number of carbonyl (C=O) groups excluding carboxylic acids is 1. The van der Waals surface area contributed by atoms with Crippen molar-refractivity contribution in [1.29, 1.82) is 0 Å². The topological polar surface area (TPSA) is 29.5 Å². The fourth-order valence-electron chi connectivity index (χ4n) is 2.93. The molecule has 2 rings (SSSR count). The first-order chi connectivity index (χ1) is 10.0. The molecule has 0 spiro atoms. The fourth-order valence-corrected chi connectivity index (χ4v) is 3.09. The Hall–Kier alpha value is -1.06. The van der Waals surface area contributed by atoms with Crippen LogP contribution in [0.3, 0.4) is 0 Å². The molecule has 0 bridgehead atoms. The third-order valence-corrected chi connectivity index (χ3v) is 4.58. The monoisotopic (exact) mass is 309 g/mol. The van der Waals surface area contributed by atoms with Gasteiger partial charge in [0.05, 0.1) is 12.7 Å². The largest absolute Gasteiger partial charge is 0.496 e. The fraction of sp³-hybridized carbons (Fsp3) is 0.588. The van der Waals surface area contributed by atoms with E-state index in [0.29, 0.717) is 22.8 Å². The van der Waals surface area contributed by atoms with Crippen LogP contribution in [0.5, 0.6) is 5.75 Å². The highest BCUT2D eigenvalue weighted by molar-refractivity contribution is 6.31. The van der Waals surface area contributed by atoms with Gasteiger partial charge < -0.3 is 9.64 Å². The molecule has 0 aliphatic carbocycles. The van der Waals surface area contributed by atoms with E-state index in [9.17, 15) is 4.79 Å². The zero-order valence-corrected chi connectivity index (χ0v) is 13.9. The quantitative estimate of drug-likeness (QED) is 0.771. The first kappa shape index (κ1) is 16.3. The number of Topliss-reactive ketones (excluding diaryl/α,β-unsaturated/α-hetero) is 1. The molecule has 1 aliphatic rings. The number of hydrogen-bond donors (Lipinski definition) is 0. The number of benzene rings is 1. The van der Waals surface area contributed by atoms with E-state index >= 15 is 0 Å². The van der Waals surface area contributed by atoms with E-state index in [1.54, 1.807) is 13.2 Å². The predicted octanol–water partition coefficient (Wildman–Crippen LogP) is 3.96. The van der Waals surface area contributed by atoms with Crippen molar-refractivity contribution >= 4 is 17.4 Å². The smallest absolute Gasteiger partial charge is 0.167 e. The maximum Gasteiger partial charge on any atom is 0.167 e. The van der Waals surface area contributed by atoms with Crippen LogP contribution in [0.4, 0.5) is 0 Å². The van der Waals surface area contributed by atoms with Gasteiger partial charge in [0.1, 0.15) is 5.75 Å². The van der Waals surface area contributed by atoms with Crippen molar-refractivity contribution in [1.82, 2.24) is 4.90 Å². The number of rotatable bonds is 5. The molecule has 1 fully saturated rings. The minimum atomic E-state index is 0.104. The molecular formula is C17H24ClNO2. The number of aryl methyl sites for hydroxylation is 1. The van der Waals surface area contributed by atoms with Crippen LogP contribution in [0.1, 0.15) is 42.1 Å². The van der Waals surface area contributed by atoms with E-state index in [1.165, 1.54) is 12.8 Å². The third-order valence-electron chi connectivity index (χ3n) is 4.18. The third kappa shape index (κ3) is 4.21. The number of halogens is 1. The van der Waals surface area contributed by atoms with E-state index < -0.39 is 0 Å². The van der Waals surface area contributed by atoms with Crippen molar-refractivity contribution in [2.24, 2.45) is 5.92 Å². The zero-order chi connectivity index (χ0) is 15.4. The van der Waals surface area contributed by atoms with E-state index in [2.05, 4.69) is 11.8 Å². The van der Waals surface area contributed by atoms with Gasteiger partial charge in [0.25, 0.3) is 0 Å². The van der Waals surface area contributed by atoms with Gasteiger partial charge in [-0.15, -0.1) is 0 Å². The summed E-state index contributed by atoms with van der Waals surface area (Å²) >= 11 is 6.14. The van der Waals surface area contributed by atoms with Crippen molar-refractivity contribution < 1.29 is 9.53 Å². The van der Waals surface area contributed by atoms with Crippen LogP contribution in [0.15, 0.2) is 12.1 Å². The number of nitrogens with zero attached hydrogens (tertiary/aromatic N) is 1. The molecule has 1 heterocycles. The van der Waals surface area contributed by atoms with Gasteiger partial charge in [-0.1, -0.05) is 18.5 Å². The van der Waals surface area contributed by atoms with Crippen LogP contribution in [-0.2, 0) is 0 Å². The minimum absolute atomic E-state index is 0.104. The summed E-state index contributed by atoms with van der Waals surface area (Å²) in [5.41, 5.74) is 1.52. The maximum absolute atomic E-state index is 12.4. The SMILES string of the molecule is COc1cc(C)c(Cl)cc1C(=O)CCN1CCCC(C)C1. The summed E-state index contributed by atoms with van der Waals surface area (Å²) in [6, 6.07) is 3.56. The van der Waals surface area contributed by atoms with Crippen molar-refractivity contribution in [2.45, 2.75) is 33.1 Å². The Morgan fingerprint density at radius 3 is 2.90 bits per heavy atom. The van der Waals surface area contributed by atoms with Crippen LogP contribution in [-0.4, -0.2) is 37.4 Å². The molecule has 1 aliphatic heterocycles. The highest BCUT2D eigenvalue weighted by Gasteiger charge is 2.19. The van der Waals surface area contributed by atoms with Crippen LogP contribution < -0.4 is 4.74 Å². The van der Waals surface area contributed by atoms with E-state index in [1.807, 2.05) is 13.0 Å². The number of methoxy groups -OCH3 is 1. The summed E-state index contributed by atoms with van der Waals surface area (Å²) in [5.74, 6) is 1.46. The van der Waals surface area contributed by atoms with Gasteiger partial charge in [0.2, 0.25) is 0 Å². The molecule has 1 aromatic rings. The van der Waals surface area contributed by atoms with Gasteiger partial charge in [0.15, 0.2) is 5.78 Å². The Labute approximate surface area is 132 Å². The molecule has 21 heavy (non-hydrogen) atoms. The van der Waals surface area contributed by atoms with E-state index in [-0.39, 0.29) is 5.78 Å². The summed E-state index contributed by atoms with van der Waals surface area (Å²) in [7, 11) is 1.59. The van der Waals surface area contributed by atoms with Gasteiger partial charge in [0, 0.05) is 24.5 Å². The first-order valence-electron chi connectivity index (χ1n) is 7.61. The highest BCUT2D eigenvalue weighted by atomic mass is 35.5.